The van der Waals surface area contributed by atoms with Crippen molar-refractivity contribution < 1.29 is 14.3 Å². The molecule has 0 atom stereocenters. The Morgan fingerprint density at radius 1 is 1.20 bits per heavy atom. The Hall–Kier alpha value is -2.82. The Morgan fingerprint density at radius 3 is 2.76 bits per heavy atom. The van der Waals surface area contributed by atoms with Crippen LogP contribution >= 0.6 is 0 Å². The molecule has 2 aromatic carbocycles. The van der Waals surface area contributed by atoms with Gasteiger partial charge in [-0.3, -0.25) is 9.59 Å². The van der Waals surface area contributed by atoms with Crippen molar-refractivity contribution in [2.45, 2.75) is 25.7 Å². The van der Waals surface area contributed by atoms with Crippen LogP contribution in [0.5, 0.6) is 5.75 Å². The summed E-state index contributed by atoms with van der Waals surface area (Å²) in [6.45, 7) is 4.25. The molecule has 0 saturated heterocycles. The number of hydrogen-bond donors (Lipinski definition) is 2. The third kappa shape index (κ3) is 3.36. The van der Waals surface area contributed by atoms with Crippen LogP contribution in [0.1, 0.15) is 35.3 Å². The summed E-state index contributed by atoms with van der Waals surface area (Å²) in [7, 11) is 1.63. The van der Waals surface area contributed by atoms with Crippen LogP contribution in [0, 0.1) is 0 Å². The van der Waals surface area contributed by atoms with Gasteiger partial charge in [-0.05, 0) is 61.7 Å². The van der Waals surface area contributed by atoms with Crippen LogP contribution < -0.4 is 15.4 Å². The van der Waals surface area contributed by atoms with E-state index in [1.165, 1.54) is 0 Å². The number of carbonyl (C=O) groups excluding carboxylic acids is 2. The number of ether oxygens (including phenoxy) is 1. The van der Waals surface area contributed by atoms with Gasteiger partial charge in [0.05, 0.1) is 12.5 Å². The predicted molar refractivity (Wildman–Crippen MR) is 97.1 cm³/mol. The number of nitrogens with one attached hydrogen (secondary N) is 2. The van der Waals surface area contributed by atoms with Crippen LogP contribution in [0.25, 0.3) is 0 Å². The topological polar surface area (TPSA) is 67.4 Å². The Morgan fingerprint density at radius 2 is 2.00 bits per heavy atom. The van der Waals surface area contributed by atoms with Crippen molar-refractivity contribution in [1.82, 2.24) is 5.32 Å². The fourth-order valence-electron chi connectivity index (χ4n) is 2.96. The van der Waals surface area contributed by atoms with Crippen molar-refractivity contribution in [3.8, 4) is 5.75 Å². The fraction of sp³-hybridized carbons (Fsp3) is 0.300. The van der Waals surface area contributed by atoms with Gasteiger partial charge in [0, 0.05) is 17.8 Å². The van der Waals surface area contributed by atoms with Gasteiger partial charge >= 0.3 is 0 Å². The Labute approximate surface area is 147 Å². The molecule has 25 heavy (non-hydrogen) atoms. The van der Waals surface area contributed by atoms with Gasteiger partial charge in [-0.25, -0.2) is 0 Å². The first kappa shape index (κ1) is 17.0. The Bertz CT molecular complexity index is 827. The molecule has 130 valence electrons. The lowest BCUT2D eigenvalue weighted by molar-refractivity contribution is -0.119. The Balaban J connectivity index is 1.64. The quantitative estimate of drug-likeness (QED) is 0.881. The zero-order chi connectivity index (χ0) is 18.0. The molecule has 0 unspecified atom stereocenters. The Kier molecular flexibility index (Phi) is 4.49. The second kappa shape index (κ2) is 6.59. The molecule has 0 radical (unpaired) electrons. The monoisotopic (exact) mass is 338 g/mol. The number of rotatable bonds is 5. The van der Waals surface area contributed by atoms with Gasteiger partial charge in [-0.1, -0.05) is 12.1 Å². The normalized spacial score (nSPS) is 14.6. The molecule has 0 spiro atoms. The second-order valence-electron chi connectivity index (χ2n) is 6.70. The zero-order valence-electron chi connectivity index (χ0n) is 14.7. The average Bonchev–Trinajstić information content (AvgIpc) is 2.84. The molecule has 1 aliphatic rings. The summed E-state index contributed by atoms with van der Waals surface area (Å²) in [5.74, 6) is 0.626. The van der Waals surface area contributed by atoms with Gasteiger partial charge in [0.15, 0.2) is 0 Å². The van der Waals surface area contributed by atoms with E-state index in [9.17, 15) is 9.59 Å². The molecule has 0 aliphatic carbocycles. The molecular weight excluding hydrogens is 316 g/mol. The largest absolute Gasteiger partial charge is 0.497 e. The number of carbonyl (C=O) groups is 2. The van der Waals surface area contributed by atoms with Crippen LogP contribution in [0.2, 0.25) is 0 Å². The number of hydrogen-bond acceptors (Lipinski definition) is 3. The van der Waals surface area contributed by atoms with Crippen molar-refractivity contribution in [3.63, 3.8) is 0 Å². The fourth-order valence-corrected chi connectivity index (χ4v) is 2.96. The number of benzene rings is 2. The summed E-state index contributed by atoms with van der Waals surface area (Å²) in [6, 6.07) is 13.1. The maximum atomic E-state index is 12.4. The summed E-state index contributed by atoms with van der Waals surface area (Å²) in [4.78, 5) is 24.4. The van der Waals surface area contributed by atoms with Crippen LogP contribution in [-0.4, -0.2) is 25.5 Å². The molecule has 3 rings (SSSR count). The summed E-state index contributed by atoms with van der Waals surface area (Å²) in [5, 5.41) is 5.78. The van der Waals surface area contributed by atoms with Crippen LogP contribution in [0.3, 0.4) is 0 Å². The lowest BCUT2D eigenvalue weighted by atomic mass is 9.85. The van der Waals surface area contributed by atoms with Crippen molar-refractivity contribution in [2.24, 2.45) is 0 Å². The minimum absolute atomic E-state index is 0.0434. The van der Waals surface area contributed by atoms with Crippen LogP contribution in [-0.2, 0) is 16.6 Å². The van der Waals surface area contributed by atoms with Crippen LogP contribution in [0.4, 0.5) is 5.69 Å². The highest BCUT2D eigenvalue weighted by Crippen LogP contribution is 2.37. The highest BCUT2D eigenvalue weighted by Gasteiger charge is 2.38. The van der Waals surface area contributed by atoms with E-state index in [0.717, 1.165) is 29.0 Å². The molecule has 2 amide bonds. The second-order valence-corrected chi connectivity index (χ2v) is 6.70. The van der Waals surface area contributed by atoms with Gasteiger partial charge in [-0.2, -0.15) is 0 Å². The van der Waals surface area contributed by atoms with Gasteiger partial charge in [0.1, 0.15) is 5.75 Å². The molecule has 2 aromatic rings. The van der Waals surface area contributed by atoms with E-state index >= 15 is 0 Å². The van der Waals surface area contributed by atoms with E-state index in [1.807, 2.05) is 38.1 Å². The first-order valence-electron chi connectivity index (χ1n) is 8.29. The van der Waals surface area contributed by atoms with E-state index in [4.69, 9.17) is 4.74 Å². The minimum atomic E-state index is -0.619. The van der Waals surface area contributed by atoms with Crippen molar-refractivity contribution in [2.75, 3.05) is 19.0 Å². The van der Waals surface area contributed by atoms with Crippen LogP contribution in [0.15, 0.2) is 42.5 Å². The first-order chi connectivity index (χ1) is 11.9. The molecule has 5 heteroatoms. The smallest absolute Gasteiger partial charge is 0.251 e. The summed E-state index contributed by atoms with van der Waals surface area (Å²) in [5.41, 5.74) is 2.69. The van der Waals surface area contributed by atoms with E-state index in [-0.39, 0.29) is 11.8 Å². The summed E-state index contributed by atoms with van der Waals surface area (Å²) in [6.07, 6.45) is 0.722. The van der Waals surface area contributed by atoms with E-state index in [0.29, 0.717) is 12.1 Å². The number of anilines is 1. The van der Waals surface area contributed by atoms with Gasteiger partial charge in [0.25, 0.3) is 5.91 Å². The standard InChI is InChI=1S/C20H22N2O3/c1-20(2)16-12-14(7-8-17(16)22-19(20)24)18(23)21-10-9-13-5-4-6-15(11-13)25-3/h4-8,11-12H,9-10H2,1-3H3,(H,21,23)(H,22,24). The van der Waals surface area contributed by atoms with Crippen molar-refractivity contribution in [3.05, 3.63) is 59.2 Å². The van der Waals surface area contributed by atoms with Gasteiger partial charge in [-0.15, -0.1) is 0 Å². The van der Waals surface area contributed by atoms with Crippen molar-refractivity contribution in [1.29, 1.82) is 0 Å². The lowest BCUT2D eigenvalue weighted by Gasteiger charge is -2.15. The predicted octanol–water partition coefficient (Wildman–Crippen LogP) is 2.90. The molecule has 1 heterocycles. The number of methoxy groups -OCH3 is 1. The number of fused-ring (bicyclic) bond motifs is 1. The molecular formula is C20H22N2O3. The minimum Gasteiger partial charge on any atom is -0.497 e. The highest BCUT2D eigenvalue weighted by atomic mass is 16.5. The van der Waals surface area contributed by atoms with E-state index < -0.39 is 5.41 Å². The maximum absolute atomic E-state index is 12.4. The summed E-state index contributed by atoms with van der Waals surface area (Å²) >= 11 is 0. The molecule has 0 aromatic heterocycles. The SMILES string of the molecule is COc1cccc(CCNC(=O)c2ccc3c(c2)C(C)(C)C(=O)N3)c1. The van der Waals surface area contributed by atoms with Gasteiger partial charge in [0.2, 0.25) is 5.91 Å². The molecule has 2 N–H and O–H groups in total. The van der Waals surface area contributed by atoms with E-state index in [1.54, 1.807) is 25.3 Å². The summed E-state index contributed by atoms with van der Waals surface area (Å²) < 4.78 is 5.20. The van der Waals surface area contributed by atoms with Crippen molar-refractivity contribution >= 4 is 17.5 Å². The molecule has 0 bridgehead atoms. The molecule has 0 fully saturated rings. The average molecular weight is 338 g/mol. The first-order valence-corrected chi connectivity index (χ1v) is 8.29. The third-order valence-electron chi connectivity index (χ3n) is 4.60. The lowest BCUT2D eigenvalue weighted by Crippen LogP contribution is -2.28. The molecule has 1 aliphatic heterocycles. The van der Waals surface area contributed by atoms with E-state index in [2.05, 4.69) is 10.6 Å². The van der Waals surface area contributed by atoms with Gasteiger partial charge < -0.3 is 15.4 Å². The number of amides is 2. The maximum Gasteiger partial charge on any atom is 0.251 e. The third-order valence-corrected chi connectivity index (χ3v) is 4.60. The molecule has 5 nitrogen and oxygen atoms in total. The molecule has 0 saturated carbocycles. The highest BCUT2D eigenvalue weighted by molar-refractivity contribution is 6.07. The zero-order valence-corrected chi connectivity index (χ0v) is 14.7.